The van der Waals surface area contributed by atoms with Gasteiger partial charge in [-0.05, 0) is 24.2 Å². The van der Waals surface area contributed by atoms with Gasteiger partial charge in [-0.15, -0.1) is 0 Å². The molecule has 1 saturated carbocycles. The Labute approximate surface area is 99.3 Å². The summed E-state index contributed by atoms with van der Waals surface area (Å²) in [7, 11) is 0. The van der Waals surface area contributed by atoms with Crippen LogP contribution in [0.4, 0.5) is 4.79 Å². The van der Waals surface area contributed by atoms with Crippen LogP contribution >= 0.6 is 11.8 Å². The molecular formula is C12H15NO2S. The van der Waals surface area contributed by atoms with Crippen LogP contribution in [0.25, 0.3) is 0 Å². The van der Waals surface area contributed by atoms with Crippen LogP contribution in [0.15, 0.2) is 12.2 Å². The van der Waals surface area contributed by atoms with Crippen molar-refractivity contribution >= 4 is 22.9 Å². The van der Waals surface area contributed by atoms with Crippen molar-refractivity contribution in [2.75, 3.05) is 12.3 Å². The van der Waals surface area contributed by atoms with Crippen LogP contribution < -0.4 is 0 Å². The normalized spacial score (nSPS) is 41.1. The largest absolute Gasteiger partial charge is 0.288 e. The van der Waals surface area contributed by atoms with Crippen molar-refractivity contribution in [3.8, 4) is 0 Å². The van der Waals surface area contributed by atoms with Crippen molar-refractivity contribution in [2.24, 2.45) is 23.7 Å². The van der Waals surface area contributed by atoms with E-state index in [2.05, 4.69) is 19.1 Å². The predicted octanol–water partition coefficient (Wildman–Crippen LogP) is 2.14. The summed E-state index contributed by atoms with van der Waals surface area (Å²) >= 11 is 1.26. The molecule has 1 saturated heterocycles. The quantitative estimate of drug-likeness (QED) is 0.656. The maximum atomic E-state index is 12.3. The highest BCUT2D eigenvalue weighted by molar-refractivity contribution is 8.13. The first kappa shape index (κ1) is 10.4. The van der Waals surface area contributed by atoms with E-state index in [1.165, 1.54) is 16.7 Å². The molecule has 2 bridgehead atoms. The number of hydrogen-bond donors (Lipinski definition) is 0. The third kappa shape index (κ3) is 1.35. The van der Waals surface area contributed by atoms with Crippen molar-refractivity contribution < 1.29 is 9.59 Å². The summed E-state index contributed by atoms with van der Waals surface area (Å²) < 4.78 is 0. The maximum Gasteiger partial charge on any atom is 0.288 e. The number of fused-ring (bicyclic) bond motifs is 2. The molecule has 86 valence electrons. The molecule has 4 atom stereocenters. The fraction of sp³-hybridized carbons (Fsp3) is 0.667. The fourth-order valence-electron chi connectivity index (χ4n) is 3.25. The van der Waals surface area contributed by atoms with Crippen LogP contribution in [0.5, 0.6) is 0 Å². The minimum absolute atomic E-state index is 0.0519. The van der Waals surface area contributed by atoms with E-state index >= 15 is 0 Å². The number of amides is 2. The molecule has 1 aliphatic heterocycles. The monoisotopic (exact) mass is 237 g/mol. The van der Waals surface area contributed by atoms with Crippen LogP contribution in [-0.2, 0) is 4.79 Å². The van der Waals surface area contributed by atoms with E-state index in [1.54, 1.807) is 0 Å². The van der Waals surface area contributed by atoms with Gasteiger partial charge in [-0.3, -0.25) is 14.5 Å². The van der Waals surface area contributed by atoms with Gasteiger partial charge >= 0.3 is 0 Å². The number of rotatable bonds is 1. The number of hydrogen-bond acceptors (Lipinski definition) is 3. The summed E-state index contributed by atoms with van der Waals surface area (Å²) in [4.78, 5) is 25.3. The molecule has 2 fully saturated rings. The van der Waals surface area contributed by atoms with Gasteiger partial charge in [0.05, 0.1) is 0 Å². The summed E-state index contributed by atoms with van der Waals surface area (Å²) in [5, 5.41) is -0.0519. The van der Waals surface area contributed by atoms with Gasteiger partial charge in [0.25, 0.3) is 5.24 Å². The van der Waals surface area contributed by atoms with Crippen LogP contribution in [0.1, 0.15) is 13.3 Å². The van der Waals surface area contributed by atoms with E-state index in [-0.39, 0.29) is 17.1 Å². The first-order valence-electron chi connectivity index (χ1n) is 5.85. The third-order valence-corrected chi connectivity index (χ3v) is 5.02. The second-order valence-corrected chi connectivity index (χ2v) is 5.98. The summed E-state index contributed by atoms with van der Waals surface area (Å²) in [5.74, 6) is 2.23. The molecule has 0 N–H and O–H groups in total. The van der Waals surface area contributed by atoms with Crippen LogP contribution in [-0.4, -0.2) is 28.3 Å². The van der Waals surface area contributed by atoms with Crippen molar-refractivity contribution in [2.45, 2.75) is 13.3 Å². The summed E-state index contributed by atoms with van der Waals surface area (Å²) in [6, 6.07) is 0. The molecular weight excluding hydrogens is 222 g/mol. The number of nitrogens with zero attached hydrogens (tertiary/aromatic N) is 1. The predicted molar refractivity (Wildman–Crippen MR) is 63.0 cm³/mol. The average molecular weight is 237 g/mol. The Bertz CT molecular complexity index is 379. The van der Waals surface area contributed by atoms with Gasteiger partial charge in [-0.1, -0.05) is 30.8 Å². The fourth-order valence-corrected chi connectivity index (χ4v) is 4.04. The van der Waals surface area contributed by atoms with Crippen molar-refractivity contribution in [1.82, 2.24) is 4.90 Å². The smallest absolute Gasteiger partial charge is 0.274 e. The molecule has 0 unspecified atom stereocenters. The maximum absolute atomic E-state index is 12.3. The molecule has 2 aliphatic carbocycles. The Morgan fingerprint density at radius 2 is 2.19 bits per heavy atom. The van der Waals surface area contributed by atoms with E-state index < -0.39 is 0 Å². The van der Waals surface area contributed by atoms with Crippen LogP contribution in [0.2, 0.25) is 0 Å². The zero-order chi connectivity index (χ0) is 11.3. The highest BCUT2D eigenvalue weighted by atomic mass is 32.2. The van der Waals surface area contributed by atoms with Gasteiger partial charge in [0.1, 0.15) is 0 Å². The van der Waals surface area contributed by atoms with Gasteiger partial charge in [0, 0.05) is 18.2 Å². The number of thioether (sulfide) groups is 1. The minimum atomic E-state index is -0.0519. The highest BCUT2D eigenvalue weighted by Gasteiger charge is 2.48. The Balaban J connectivity index is 1.81. The third-order valence-electron chi connectivity index (χ3n) is 4.16. The minimum Gasteiger partial charge on any atom is -0.274 e. The molecule has 3 nitrogen and oxygen atoms in total. The second-order valence-electron chi connectivity index (χ2n) is 4.94. The Morgan fingerprint density at radius 1 is 1.44 bits per heavy atom. The van der Waals surface area contributed by atoms with E-state index in [9.17, 15) is 9.59 Å². The summed E-state index contributed by atoms with van der Waals surface area (Å²) in [6.45, 7) is 2.75. The molecule has 16 heavy (non-hydrogen) atoms. The average Bonchev–Trinajstić information content (AvgIpc) is 2.92. The Morgan fingerprint density at radius 3 is 2.75 bits per heavy atom. The SMILES string of the molecule is C[C@@H]1[C@@H](C(=O)N2CCSC2=O)[C@H]2C=C[C@@H]1C2. The Hall–Kier alpha value is -0.770. The van der Waals surface area contributed by atoms with E-state index in [1.807, 2.05) is 0 Å². The number of imide groups is 1. The van der Waals surface area contributed by atoms with E-state index in [0.717, 1.165) is 12.2 Å². The Kier molecular flexibility index (Phi) is 2.35. The summed E-state index contributed by atoms with van der Waals surface area (Å²) in [5.41, 5.74) is 0. The first-order chi connectivity index (χ1) is 7.68. The van der Waals surface area contributed by atoms with Gasteiger partial charge in [0.2, 0.25) is 5.91 Å². The molecule has 0 aromatic carbocycles. The van der Waals surface area contributed by atoms with Crippen molar-refractivity contribution in [1.29, 1.82) is 0 Å². The number of carbonyl (C=O) groups is 2. The molecule has 3 aliphatic rings. The molecule has 0 radical (unpaired) electrons. The molecule has 0 aromatic rings. The zero-order valence-corrected chi connectivity index (χ0v) is 10.1. The topological polar surface area (TPSA) is 37.4 Å². The van der Waals surface area contributed by atoms with Gasteiger partial charge in [-0.25, -0.2) is 0 Å². The number of carbonyl (C=O) groups excluding carboxylic acids is 2. The van der Waals surface area contributed by atoms with Gasteiger partial charge < -0.3 is 0 Å². The molecule has 2 amide bonds. The number of allylic oxidation sites excluding steroid dienone is 2. The lowest BCUT2D eigenvalue weighted by Gasteiger charge is -2.26. The van der Waals surface area contributed by atoms with E-state index in [4.69, 9.17) is 0 Å². The molecule has 0 spiro atoms. The van der Waals surface area contributed by atoms with Gasteiger partial charge in [-0.2, -0.15) is 0 Å². The molecule has 1 heterocycles. The zero-order valence-electron chi connectivity index (χ0n) is 9.26. The lowest BCUT2D eigenvalue weighted by molar-refractivity contribution is -0.133. The van der Waals surface area contributed by atoms with Crippen LogP contribution in [0.3, 0.4) is 0 Å². The molecule has 4 heteroatoms. The van der Waals surface area contributed by atoms with Crippen molar-refractivity contribution in [3.05, 3.63) is 12.2 Å². The second kappa shape index (κ2) is 3.62. The van der Waals surface area contributed by atoms with Crippen molar-refractivity contribution in [3.63, 3.8) is 0 Å². The summed E-state index contributed by atoms with van der Waals surface area (Å²) in [6.07, 6.45) is 5.51. The van der Waals surface area contributed by atoms with Crippen LogP contribution in [0, 0.1) is 23.7 Å². The first-order valence-corrected chi connectivity index (χ1v) is 6.83. The molecule has 0 aromatic heterocycles. The van der Waals surface area contributed by atoms with Gasteiger partial charge in [0.15, 0.2) is 0 Å². The standard InChI is InChI=1S/C12H15NO2S/c1-7-8-2-3-9(6-8)10(7)11(14)13-4-5-16-12(13)15/h2-3,7-10H,4-6H2,1H3/t7-,8+,9-,10+/m0/s1. The molecule has 3 rings (SSSR count). The lowest BCUT2D eigenvalue weighted by Crippen LogP contribution is -2.40. The van der Waals surface area contributed by atoms with E-state index in [0.29, 0.717) is 24.3 Å². The lowest BCUT2D eigenvalue weighted by atomic mass is 9.83. The highest BCUT2D eigenvalue weighted by Crippen LogP contribution is 2.48.